The average molecular weight is 376 g/mol. The third kappa shape index (κ3) is 8.92. The molecule has 1 saturated heterocycles. The molecule has 1 unspecified atom stereocenters. The van der Waals surface area contributed by atoms with E-state index in [0.717, 1.165) is 25.7 Å². The number of amides is 1. The van der Waals surface area contributed by atoms with E-state index in [0.29, 0.717) is 25.8 Å². The van der Waals surface area contributed by atoms with Gasteiger partial charge in [0.25, 0.3) is 0 Å². The molecule has 1 heterocycles. The Balaban J connectivity index is 2.45. The first-order chi connectivity index (χ1) is 13.0. The number of aliphatic hydroxyl groups excluding tert-OH is 1. The van der Waals surface area contributed by atoms with E-state index >= 15 is 0 Å². The van der Waals surface area contributed by atoms with Gasteiger partial charge in [-0.25, -0.2) is 0 Å². The van der Waals surface area contributed by atoms with Crippen molar-refractivity contribution in [2.45, 2.75) is 70.9 Å². The van der Waals surface area contributed by atoms with Gasteiger partial charge in [0.15, 0.2) is 0 Å². The lowest BCUT2D eigenvalue weighted by Crippen LogP contribution is -2.32. The van der Waals surface area contributed by atoms with E-state index in [1.807, 2.05) is 37.0 Å². The van der Waals surface area contributed by atoms with Gasteiger partial charge in [-0.15, -0.1) is 11.8 Å². The molecule has 1 rings (SSSR count). The lowest BCUT2D eigenvalue weighted by Gasteiger charge is -2.21. The molecular formula is C22H33NO4. The molecule has 0 spiro atoms. The van der Waals surface area contributed by atoms with Crippen LogP contribution in [0.3, 0.4) is 0 Å². The van der Waals surface area contributed by atoms with Crippen LogP contribution < -0.4 is 0 Å². The maximum absolute atomic E-state index is 12.1. The monoisotopic (exact) mass is 375 g/mol. The summed E-state index contributed by atoms with van der Waals surface area (Å²) >= 11 is 0. The Morgan fingerprint density at radius 2 is 2.19 bits per heavy atom. The molecule has 3 atom stereocenters. The Labute approximate surface area is 163 Å². The van der Waals surface area contributed by atoms with Crippen LogP contribution in [0.1, 0.15) is 58.8 Å². The highest BCUT2D eigenvalue weighted by molar-refractivity contribution is 5.79. The summed E-state index contributed by atoms with van der Waals surface area (Å²) in [6.07, 6.45) is 11.9. The van der Waals surface area contributed by atoms with Crippen molar-refractivity contribution >= 4 is 11.9 Å². The van der Waals surface area contributed by atoms with Gasteiger partial charge in [-0.1, -0.05) is 38.2 Å². The first kappa shape index (κ1) is 23.0. The molecule has 0 aromatic rings. The molecule has 0 saturated carbocycles. The van der Waals surface area contributed by atoms with Gasteiger partial charge in [0.05, 0.1) is 19.3 Å². The Hall–Kier alpha value is -2.06. The van der Waals surface area contributed by atoms with Crippen LogP contribution in [-0.4, -0.2) is 47.7 Å². The molecule has 0 aromatic heterocycles. The molecule has 1 fully saturated rings. The zero-order valence-electron chi connectivity index (χ0n) is 16.8. The number of likely N-dealkylation sites (tertiary alicyclic amines) is 1. The summed E-state index contributed by atoms with van der Waals surface area (Å²) in [6, 6.07) is 0.0285. The molecule has 0 bridgehead atoms. The molecular weight excluding hydrogens is 342 g/mol. The number of carbonyl (C=O) groups excluding carboxylic acids is 2. The molecule has 0 aliphatic carbocycles. The number of hydrogen-bond donors (Lipinski definition) is 1. The fourth-order valence-electron chi connectivity index (χ4n) is 2.88. The van der Waals surface area contributed by atoms with Crippen molar-refractivity contribution in [2.24, 2.45) is 5.92 Å². The first-order valence-corrected chi connectivity index (χ1v) is 9.83. The third-order valence-electron chi connectivity index (χ3n) is 4.66. The predicted molar refractivity (Wildman–Crippen MR) is 107 cm³/mol. The van der Waals surface area contributed by atoms with Gasteiger partial charge in [0.2, 0.25) is 5.91 Å². The van der Waals surface area contributed by atoms with Gasteiger partial charge in [-0.2, -0.15) is 0 Å². The summed E-state index contributed by atoms with van der Waals surface area (Å²) in [7, 11) is 1.39. The van der Waals surface area contributed by atoms with Gasteiger partial charge in [0, 0.05) is 32.2 Å². The summed E-state index contributed by atoms with van der Waals surface area (Å²) in [5.74, 6) is 6.10. The van der Waals surface area contributed by atoms with E-state index in [1.54, 1.807) is 6.08 Å². The number of nitrogens with zero attached hydrogens (tertiary/aromatic N) is 1. The fraction of sp³-hybridized carbons (Fsp3) is 0.636. The van der Waals surface area contributed by atoms with E-state index in [-0.39, 0.29) is 23.8 Å². The van der Waals surface area contributed by atoms with Gasteiger partial charge < -0.3 is 14.7 Å². The molecule has 150 valence electrons. The molecule has 27 heavy (non-hydrogen) atoms. The average Bonchev–Trinajstić information content (AvgIpc) is 3.02. The number of unbranched alkanes of at least 4 members (excludes halogenated alkanes) is 1. The molecule has 5 nitrogen and oxygen atoms in total. The van der Waals surface area contributed by atoms with Crippen LogP contribution in [0, 0.1) is 17.8 Å². The number of allylic oxidation sites excluding steroid dienone is 1. The summed E-state index contributed by atoms with van der Waals surface area (Å²) in [4.78, 5) is 25.0. The van der Waals surface area contributed by atoms with Crippen molar-refractivity contribution < 1.29 is 19.4 Å². The van der Waals surface area contributed by atoms with E-state index in [9.17, 15) is 14.7 Å². The number of carbonyl (C=O) groups is 2. The van der Waals surface area contributed by atoms with Crippen molar-refractivity contribution in [3.8, 4) is 11.8 Å². The van der Waals surface area contributed by atoms with Crippen LogP contribution in [0.25, 0.3) is 0 Å². The SMILES string of the molecule is CCC#CC[C@H](C)[C@H](O)/C=C/C1CCC(=O)N1C/C=C\CCCC(=O)OC. The van der Waals surface area contributed by atoms with Crippen molar-refractivity contribution in [1.82, 2.24) is 4.90 Å². The van der Waals surface area contributed by atoms with Gasteiger partial charge >= 0.3 is 5.97 Å². The second-order valence-corrected chi connectivity index (χ2v) is 6.86. The highest BCUT2D eigenvalue weighted by atomic mass is 16.5. The molecule has 5 heteroatoms. The van der Waals surface area contributed by atoms with Crippen molar-refractivity contribution in [3.63, 3.8) is 0 Å². The summed E-state index contributed by atoms with van der Waals surface area (Å²) in [5, 5.41) is 10.3. The summed E-state index contributed by atoms with van der Waals surface area (Å²) in [6.45, 7) is 4.54. The highest BCUT2D eigenvalue weighted by Crippen LogP contribution is 2.20. The minimum Gasteiger partial charge on any atom is -0.469 e. The van der Waals surface area contributed by atoms with E-state index in [4.69, 9.17) is 0 Å². The van der Waals surface area contributed by atoms with Crippen LogP contribution >= 0.6 is 0 Å². The fourth-order valence-corrected chi connectivity index (χ4v) is 2.88. The standard InChI is InChI=1S/C22H33NO4/c1-4-5-8-11-18(2)20(24)15-13-19-14-16-21(25)23(19)17-10-7-6-9-12-22(26)27-3/h7,10,13,15,18-20,24H,4,6,9,11-12,14,16-17H2,1-3H3/b10-7-,15-13+/t18-,19?,20+/m0/s1. The second-order valence-electron chi connectivity index (χ2n) is 6.86. The lowest BCUT2D eigenvalue weighted by atomic mass is 10.00. The minimum atomic E-state index is -0.553. The molecule has 0 radical (unpaired) electrons. The molecule has 1 aliphatic rings. The molecule has 0 aromatic carbocycles. The molecule has 1 N–H and O–H groups in total. The van der Waals surface area contributed by atoms with Crippen molar-refractivity contribution in [3.05, 3.63) is 24.3 Å². The summed E-state index contributed by atoms with van der Waals surface area (Å²) < 4.78 is 4.61. The van der Waals surface area contributed by atoms with Gasteiger partial charge in [0.1, 0.15) is 0 Å². The maximum atomic E-state index is 12.1. The van der Waals surface area contributed by atoms with E-state index < -0.39 is 6.10 Å². The topological polar surface area (TPSA) is 66.8 Å². The number of esters is 1. The van der Waals surface area contributed by atoms with E-state index in [1.165, 1.54) is 7.11 Å². The normalized spacial score (nSPS) is 19.3. The van der Waals surface area contributed by atoms with Crippen molar-refractivity contribution in [2.75, 3.05) is 13.7 Å². The Morgan fingerprint density at radius 3 is 2.89 bits per heavy atom. The predicted octanol–water partition coefficient (Wildman–Crippen LogP) is 3.23. The number of aliphatic hydroxyl groups is 1. The van der Waals surface area contributed by atoms with E-state index in [2.05, 4.69) is 16.6 Å². The maximum Gasteiger partial charge on any atom is 0.305 e. The molecule has 1 aliphatic heterocycles. The quantitative estimate of drug-likeness (QED) is 0.275. The highest BCUT2D eigenvalue weighted by Gasteiger charge is 2.28. The zero-order valence-corrected chi connectivity index (χ0v) is 16.8. The van der Waals surface area contributed by atoms with Gasteiger partial charge in [-0.05, 0) is 25.2 Å². The number of methoxy groups -OCH3 is 1. The lowest BCUT2D eigenvalue weighted by molar-refractivity contribution is -0.140. The van der Waals surface area contributed by atoms with Crippen molar-refractivity contribution in [1.29, 1.82) is 0 Å². The van der Waals surface area contributed by atoms with Gasteiger partial charge in [-0.3, -0.25) is 9.59 Å². The smallest absolute Gasteiger partial charge is 0.305 e. The Morgan fingerprint density at radius 1 is 1.41 bits per heavy atom. The van der Waals surface area contributed by atoms with Crippen LogP contribution in [-0.2, 0) is 14.3 Å². The minimum absolute atomic E-state index is 0.0285. The molecule has 1 amide bonds. The second kappa shape index (κ2) is 13.2. The third-order valence-corrected chi connectivity index (χ3v) is 4.66. The van der Waals surface area contributed by atoms with Crippen LogP contribution in [0.4, 0.5) is 0 Å². The van der Waals surface area contributed by atoms with Crippen LogP contribution in [0.15, 0.2) is 24.3 Å². The van der Waals surface area contributed by atoms with Crippen LogP contribution in [0.2, 0.25) is 0 Å². The van der Waals surface area contributed by atoms with Crippen LogP contribution in [0.5, 0.6) is 0 Å². The zero-order chi connectivity index (χ0) is 20.1. The number of rotatable bonds is 10. The Bertz CT molecular complexity index is 585. The first-order valence-electron chi connectivity index (χ1n) is 9.83. The summed E-state index contributed by atoms with van der Waals surface area (Å²) in [5.41, 5.74) is 0. The largest absolute Gasteiger partial charge is 0.469 e. The number of hydrogen-bond acceptors (Lipinski definition) is 4. The Kier molecular flexibility index (Phi) is 11.2. The number of ether oxygens (including phenoxy) is 1.